The van der Waals surface area contributed by atoms with Crippen molar-refractivity contribution in [1.82, 2.24) is 0 Å². The lowest BCUT2D eigenvalue weighted by atomic mass is 9.98. The van der Waals surface area contributed by atoms with Gasteiger partial charge in [0, 0.05) is 23.8 Å². The van der Waals surface area contributed by atoms with Gasteiger partial charge < -0.3 is 23.4 Å². The SMILES string of the molecule is C.COc1cc(F)c(C(C)(C)O)cc1Br.COc1cc(F)c(C(C)C)cc1Br.COc1ccc(C(C)C)c(F)c1.C[SiH](C)O[SiH](C)C. The zero-order chi connectivity index (χ0) is 35.9. The maximum Gasteiger partial charge on any atom is 0.156 e. The second-order valence-corrected chi connectivity index (χ2v) is 19.0. The van der Waals surface area contributed by atoms with Crippen molar-refractivity contribution < 1.29 is 36.6 Å². The lowest BCUT2D eigenvalue weighted by Gasteiger charge is -2.19. The van der Waals surface area contributed by atoms with E-state index in [0.717, 1.165) is 10.0 Å². The van der Waals surface area contributed by atoms with Crippen LogP contribution in [0.25, 0.3) is 0 Å². The van der Waals surface area contributed by atoms with Crippen LogP contribution in [-0.4, -0.2) is 44.5 Å². The first kappa shape index (κ1) is 47.3. The third-order valence-electron chi connectivity index (χ3n) is 6.17. The molecule has 12 heteroatoms. The molecule has 47 heavy (non-hydrogen) atoms. The summed E-state index contributed by atoms with van der Waals surface area (Å²) < 4.78 is 61.8. The Morgan fingerprint density at radius 1 is 0.660 bits per heavy atom. The van der Waals surface area contributed by atoms with E-state index in [1.807, 2.05) is 27.7 Å². The molecule has 3 aromatic carbocycles. The molecule has 268 valence electrons. The van der Waals surface area contributed by atoms with E-state index in [1.54, 1.807) is 18.2 Å². The van der Waals surface area contributed by atoms with E-state index in [4.69, 9.17) is 18.3 Å². The van der Waals surface area contributed by atoms with Crippen molar-refractivity contribution in [3.05, 3.63) is 85.6 Å². The second kappa shape index (κ2) is 22.7. The fraction of sp³-hybridized carbons (Fsp3) is 0.486. The third kappa shape index (κ3) is 17.4. The number of halogens is 5. The smallest absolute Gasteiger partial charge is 0.156 e. The van der Waals surface area contributed by atoms with Gasteiger partial charge in [0.05, 0.1) is 35.9 Å². The van der Waals surface area contributed by atoms with Crippen molar-refractivity contribution in [3.8, 4) is 17.2 Å². The molecular weight excluding hydrogens is 773 g/mol. The molecule has 0 aliphatic heterocycles. The van der Waals surface area contributed by atoms with Gasteiger partial charge in [-0.3, -0.25) is 0 Å². The summed E-state index contributed by atoms with van der Waals surface area (Å²) in [7, 11) is 3.18. The molecule has 0 fully saturated rings. The standard InChI is InChI=1S/C10H12BrFO2.C10H12BrFO.C10H13FO.C4H14OSi2.CH4/c1-10(2,13)6-4-7(11)9(14-3)5-8(6)12;1-6(2)7-4-8(11)10(13-3)5-9(7)12;1-7(2)9-5-4-8(12-3)6-10(9)11;1-6(2)5-7(3)4;/h4-5,13H,1-3H3;4-6H,1-3H3;4-7H,1-3H3;6-7H,1-4H3;1H4. The van der Waals surface area contributed by atoms with Gasteiger partial charge in [0.2, 0.25) is 0 Å². The lowest BCUT2D eigenvalue weighted by Crippen LogP contribution is -2.17. The maximum absolute atomic E-state index is 13.5. The Balaban J connectivity index is 0. The van der Waals surface area contributed by atoms with E-state index < -0.39 is 29.5 Å². The summed E-state index contributed by atoms with van der Waals surface area (Å²) in [5.74, 6) is 1.03. The van der Waals surface area contributed by atoms with Gasteiger partial charge in [-0.2, -0.15) is 0 Å². The minimum absolute atomic E-state index is 0. The number of hydrogen-bond acceptors (Lipinski definition) is 5. The first-order valence-electron chi connectivity index (χ1n) is 15.0. The van der Waals surface area contributed by atoms with Crippen molar-refractivity contribution in [2.45, 2.75) is 92.6 Å². The highest BCUT2D eigenvalue weighted by atomic mass is 79.9. The zero-order valence-corrected chi connectivity index (χ0v) is 34.8. The molecule has 0 radical (unpaired) electrons. The van der Waals surface area contributed by atoms with Crippen molar-refractivity contribution >= 4 is 49.9 Å². The van der Waals surface area contributed by atoms with Crippen LogP contribution in [0, 0.1) is 17.5 Å². The van der Waals surface area contributed by atoms with E-state index in [9.17, 15) is 18.3 Å². The van der Waals surface area contributed by atoms with Crippen LogP contribution in [0.3, 0.4) is 0 Å². The maximum atomic E-state index is 13.5. The molecule has 0 amide bonds. The summed E-state index contributed by atoms with van der Waals surface area (Å²) in [6.45, 7) is 19.8. The zero-order valence-electron chi connectivity index (χ0n) is 29.3. The summed E-state index contributed by atoms with van der Waals surface area (Å²) in [5, 5.41) is 9.66. The first-order valence-corrected chi connectivity index (χ1v) is 22.1. The molecular formula is C35H55Br2F3O5Si2. The highest BCUT2D eigenvalue weighted by Gasteiger charge is 2.22. The second-order valence-electron chi connectivity index (χ2n) is 12.0. The van der Waals surface area contributed by atoms with E-state index in [2.05, 4.69) is 58.0 Å². The van der Waals surface area contributed by atoms with E-state index >= 15 is 0 Å². The summed E-state index contributed by atoms with van der Waals surface area (Å²) in [6, 6.07) is 10.9. The van der Waals surface area contributed by atoms with Crippen molar-refractivity contribution in [1.29, 1.82) is 0 Å². The Morgan fingerprint density at radius 2 is 1.09 bits per heavy atom. The van der Waals surface area contributed by atoms with Crippen LogP contribution in [0.1, 0.15) is 77.5 Å². The number of ether oxygens (including phenoxy) is 3. The lowest BCUT2D eigenvalue weighted by molar-refractivity contribution is 0.0744. The molecule has 0 saturated carbocycles. The Morgan fingerprint density at radius 3 is 1.43 bits per heavy atom. The third-order valence-corrected chi connectivity index (χ3v) is 11.8. The Hall–Kier alpha value is -1.84. The molecule has 0 bridgehead atoms. The summed E-state index contributed by atoms with van der Waals surface area (Å²) in [4.78, 5) is 0. The minimum atomic E-state index is -1.20. The van der Waals surface area contributed by atoms with Crippen LogP contribution in [-0.2, 0) is 9.72 Å². The van der Waals surface area contributed by atoms with Gasteiger partial charge in [0.15, 0.2) is 18.1 Å². The highest BCUT2D eigenvalue weighted by molar-refractivity contribution is 9.10. The highest BCUT2D eigenvalue weighted by Crippen LogP contribution is 2.33. The number of hydrogen-bond donors (Lipinski definition) is 1. The van der Waals surface area contributed by atoms with Crippen LogP contribution >= 0.6 is 31.9 Å². The minimum Gasteiger partial charge on any atom is -0.497 e. The van der Waals surface area contributed by atoms with Crippen LogP contribution in [0.5, 0.6) is 17.2 Å². The molecule has 0 aliphatic rings. The molecule has 3 aromatic rings. The van der Waals surface area contributed by atoms with Gasteiger partial charge in [0.25, 0.3) is 0 Å². The predicted octanol–water partition coefficient (Wildman–Crippen LogP) is 11.1. The molecule has 0 spiro atoms. The topological polar surface area (TPSA) is 57.2 Å². The largest absolute Gasteiger partial charge is 0.497 e. The first-order chi connectivity index (χ1) is 21.2. The Bertz CT molecular complexity index is 1350. The molecule has 0 saturated heterocycles. The molecule has 0 unspecified atom stereocenters. The number of aliphatic hydroxyl groups is 1. The molecule has 3 rings (SSSR count). The van der Waals surface area contributed by atoms with Crippen LogP contribution in [0.2, 0.25) is 26.2 Å². The number of rotatable bonds is 8. The van der Waals surface area contributed by atoms with E-state index in [0.29, 0.717) is 27.3 Å². The average Bonchev–Trinajstić information content (AvgIpc) is 2.94. The summed E-state index contributed by atoms with van der Waals surface area (Å²) in [6.07, 6.45) is 0. The molecule has 0 aliphatic carbocycles. The van der Waals surface area contributed by atoms with Gasteiger partial charge in [0.1, 0.15) is 34.7 Å². The van der Waals surface area contributed by atoms with Gasteiger partial charge in [-0.25, -0.2) is 13.2 Å². The van der Waals surface area contributed by atoms with Crippen LogP contribution in [0.4, 0.5) is 13.2 Å². The van der Waals surface area contributed by atoms with Gasteiger partial charge >= 0.3 is 0 Å². The van der Waals surface area contributed by atoms with E-state index in [1.165, 1.54) is 59.4 Å². The van der Waals surface area contributed by atoms with E-state index in [-0.39, 0.29) is 36.5 Å². The fourth-order valence-corrected chi connectivity index (χ4v) is 9.33. The Labute approximate surface area is 301 Å². The average molecular weight is 829 g/mol. The summed E-state index contributed by atoms with van der Waals surface area (Å²) in [5.41, 5.74) is 0.479. The molecule has 1 N–H and O–H groups in total. The van der Waals surface area contributed by atoms with Crippen LogP contribution < -0.4 is 14.2 Å². The van der Waals surface area contributed by atoms with Gasteiger partial charge in [-0.05, 0) is 113 Å². The van der Waals surface area contributed by atoms with Crippen molar-refractivity contribution in [3.63, 3.8) is 0 Å². The predicted molar refractivity (Wildman–Crippen MR) is 203 cm³/mol. The molecule has 5 nitrogen and oxygen atoms in total. The molecule has 0 heterocycles. The van der Waals surface area contributed by atoms with Crippen molar-refractivity contribution in [2.75, 3.05) is 21.3 Å². The quantitative estimate of drug-likeness (QED) is 0.229. The molecule has 0 aromatic heterocycles. The number of methoxy groups -OCH3 is 3. The Kier molecular flexibility index (Phi) is 22.9. The summed E-state index contributed by atoms with van der Waals surface area (Å²) >= 11 is 6.55. The monoisotopic (exact) mass is 826 g/mol. The van der Waals surface area contributed by atoms with Gasteiger partial charge in [-0.1, -0.05) is 41.2 Å². The van der Waals surface area contributed by atoms with Crippen molar-refractivity contribution in [2.24, 2.45) is 0 Å². The fourth-order valence-electron chi connectivity index (χ4n) is 3.94. The molecule has 0 atom stereocenters. The normalized spacial score (nSPS) is 10.7. The van der Waals surface area contributed by atoms with Crippen LogP contribution in [0.15, 0.2) is 51.4 Å². The number of benzene rings is 3. The van der Waals surface area contributed by atoms with Gasteiger partial charge in [-0.15, -0.1) is 0 Å².